The molecule has 2 unspecified atom stereocenters. The molecule has 84 valence electrons. The molecule has 1 rings (SSSR count). The number of nitrogens with one attached hydrogen (secondary N) is 1. The predicted molar refractivity (Wildman–Crippen MR) is 62.1 cm³/mol. The van der Waals surface area contributed by atoms with Crippen LogP contribution in [-0.2, 0) is 10.8 Å². The number of hydrogen-bond acceptors (Lipinski definition) is 3. The Bertz CT molecular complexity index is 218. The molecular formula is C10H22N2OS. The Morgan fingerprint density at radius 3 is 2.71 bits per heavy atom. The SMILES string of the molecule is CC(CN1CCNC(C)(C)C1)S(C)=O. The first-order valence-corrected chi connectivity index (χ1v) is 6.82. The van der Waals surface area contributed by atoms with Gasteiger partial charge in [0.25, 0.3) is 0 Å². The van der Waals surface area contributed by atoms with Gasteiger partial charge in [-0.2, -0.15) is 0 Å². The van der Waals surface area contributed by atoms with Gasteiger partial charge in [-0.25, -0.2) is 0 Å². The molecule has 1 aliphatic rings. The maximum absolute atomic E-state index is 11.2. The molecule has 0 saturated carbocycles. The van der Waals surface area contributed by atoms with Gasteiger partial charge in [-0.3, -0.25) is 9.11 Å². The highest BCUT2D eigenvalue weighted by atomic mass is 32.2. The summed E-state index contributed by atoms with van der Waals surface area (Å²) < 4.78 is 11.2. The van der Waals surface area contributed by atoms with Crippen LogP contribution in [0, 0.1) is 0 Å². The summed E-state index contributed by atoms with van der Waals surface area (Å²) in [5.74, 6) is 0. The van der Waals surface area contributed by atoms with Crippen molar-refractivity contribution in [2.24, 2.45) is 0 Å². The Morgan fingerprint density at radius 2 is 2.21 bits per heavy atom. The fourth-order valence-electron chi connectivity index (χ4n) is 1.87. The Kier molecular flexibility index (Phi) is 4.10. The van der Waals surface area contributed by atoms with E-state index in [2.05, 4.69) is 31.0 Å². The van der Waals surface area contributed by atoms with E-state index in [1.165, 1.54) is 0 Å². The van der Waals surface area contributed by atoms with Gasteiger partial charge in [0.1, 0.15) is 0 Å². The summed E-state index contributed by atoms with van der Waals surface area (Å²) >= 11 is 0. The third-order valence-corrected chi connectivity index (χ3v) is 4.01. The van der Waals surface area contributed by atoms with E-state index < -0.39 is 10.8 Å². The fraction of sp³-hybridized carbons (Fsp3) is 1.00. The van der Waals surface area contributed by atoms with Crippen molar-refractivity contribution in [1.29, 1.82) is 0 Å². The average molecular weight is 218 g/mol. The van der Waals surface area contributed by atoms with Crippen LogP contribution < -0.4 is 5.32 Å². The van der Waals surface area contributed by atoms with Crippen LogP contribution in [-0.4, -0.2) is 52.3 Å². The van der Waals surface area contributed by atoms with Crippen LogP contribution in [0.2, 0.25) is 0 Å². The van der Waals surface area contributed by atoms with Gasteiger partial charge in [-0.15, -0.1) is 0 Å². The fourth-order valence-corrected chi connectivity index (χ4v) is 2.29. The summed E-state index contributed by atoms with van der Waals surface area (Å²) in [5, 5.41) is 3.75. The number of nitrogens with zero attached hydrogens (tertiary/aromatic N) is 1. The second-order valence-electron chi connectivity index (χ2n) is 4.85. The summed E-state index contributed by atoms with van der Waals surface area (Å²) in [6, 6.07) is 0. The Balaban J connectivity index is 2.42. The number of hydrogen-bond donors (Lipinski definition) is 1. The molecule has 1 aliphatic heterocycles. The van der Waals surface area contributed by atoms with E-state index in [1.807, 2.05) is 0 Å². The lowest BCUT2D eigenvalue weighted by molar-refractivity contribution is 0.156. The van der Waals surface area contributed by atoms with Gasteiger partial charge in [0.2, 0.25) is 0 Å². The van der Waals surface area contributed by atoms with Crippen LogP contribution in [0.15, 0.2) is 0 Å². The first-order valence-electron chi connectivity index (χ1n) is 5.20. The van der Waals surface area contributed by atoms with Crippen molar-refractivity contribution in [1.82, 2.24) is 10.2 Å². The van der Waals surface area contributed by atoms with E-state index in [1.54, 1.807) is 6.26 Å². The van der Waals surface area contributed by atoms with Crippen molar-refractivity contribution in [2.45, 2.75) is 31.6 Å². The van der Waals surface area contributed by atoms with Crippen molar-refractivity contribution in [2.75, 3.05) is 32.4 Å². The average Bonchev–Trinajstić information content (AvgIpc) is 2.01. The maximum Gasteiger partial charge on any atom is 0.0444 e. The van der Waals surface area contributed by atoms with Gasteiger partial charge in [0.05, 0.1) is 0 Å². The first kappa shape index (κ1) is 12.1. The quantitative estimate of drug-likeness (QED) is 0.746. The van der Waals surface area contributed by atoms with Crippen LogP contribution >= 0.6 is 0 Å². The maximum atomic E-state index is 11.2. The van der Waals surface area contributed by atoms with E-state index in [0.717, 1.165) is 26.2 Å². The minimum absolute atomic E-state index is 0.202. The van der Waals surface area contributed by atoms with Crippen molar-refractivity contribution in [3.63, 3.8) is 0 Å². The molecule has 0 aliphatic carbocycles. The summed E-state index contributed by atoms with van der Waals surface area (Å²) in [4.78, 5) is 2.41. The highest BCUT2D eigenvalue weighted by molar-refractivity contribution is 7.84. The second kappa shape index (κ2) is 4.73. The van der Waals surface area contributed by atoms with Crippen LogP contribution in [0.25, 0.3) is 0 Å². The van der Waals surface area contributed by atoms with E-state index in [0.29, 0.717) is 0 Å². The van der Waals surface area contributed by atoms with Gasteiger partial charge >= 0.3 is 0 Å². The largest absolute Gasteiger partial charge is 0.309 e. The van der Waals surface area contributed by atoms with Crippen LogP contribution in [0.4, 0.5) is 0 Å². The lowest BCUT2D eigenvalue weighted by atomic mass is 10.0. The van der Waals surface area contributed by atoms with Gasteiger partial charge in [-0.1, -0.05) is 0 Å². The van der Waals surface area contributed by atoms with Crippen molar-refractivity contribution in [3.05, 3.63) is 0 Å². The molecule has 0 bridgehead atoms. The smallest absolute Gasteiger partial charge is 0.0444 e. The van der Waals surface area contributed by atoms with Gasteiger partial charge in [0, 0.05) is 54.0 Å². The van der Waals surface area contributed by atoms with Crippen molar-refractivity contribution >= 4 is 10.8 Å². The van der Waals surface area contributed by atoms with E-state index in [-0.39, 0.29) is 10.8 Å². The third kappa shape index (κ3) is 3.67. The molecule has 4 heteroatoms. The lowest BCUT2D eigenvalue weighted by Crippen LogP contribution is -2.58. The summed E-state index contributed by atoms with van der Waals surface area (Å²) in [6.07, 6.45) is 1.79. The van der Waals surface area contributed by atoms with Crippen molar-refractivity contribution in [3.8, 4) is 0 Å². The molecule has 0 aromatic carbocycles. The minimum atomic E-state index is -0.699. The minimum Gasteiger partial charge on any atom is -0.309 e. The summed E-state index contributed by atoms with van der Waals surface area (Å²) in [6.45, 7) is 10.6. The highest BCUT2D eigenvalue weighted by Crippen LogP contribution is 2.11. The summed E-state index contributed by atoms with van der Waals surface area (Å²) in [5.41, 5.74) is 0.202. The normalized spacial score (nSPS) is 27.1. The van der Waals surface area contributed by atoms with Gasteiger partial charge < -0.3 is 5.32 Å². The zero-order chi connectivity index (χ0) is 10.8. The van der Waals surface area contributed by atoms with Gasteiger partial charge in [0.15, 0.2) is 0 Å². The molecule has 3 nitrogen and oxygen atoms in total. The van der Waals surface area contributed by atoms with E-state index >= 15 is 0 Å². The molecule has 1 heterocycles. The van der Waals surface area contributed by atoms with Crippen molar-refractivity contribution < 1.29 is 4.21 Å². The Hall–Kier alpha value is 0.0700. The molecular weight excluding hydrogens is 196 g/mol. The topological polar surface area (TPSA) is 32.3 Å². The molecule has 0 radical (unpaired) electrons. The molecule has 0 amide bonds. The van der Waals surface area contributed by atoms with E-state index in [4.69, 9.17) is 0 Å². The number of rotatable bonds is 3. The molecule has 1 N–H and O–H groups in total. The molecule has 1 fully saturated rings. The van der Waals surface area contributed by atoms with E-state index in [9.17, 15) is 4.21 Å². The molecule has 14 heavy (non-hydrogen) atoms. The molecule has 1 saturated heterocycles. The Labute approximate surface area is 89.7 Å². The molecule has 0 aromatic rings. The second-order valence-corrected chi connectivity index (χ2v) is 6.66. The third-order valence-electron chi connectivity index (χ3n) is 2.73. The lowest BCUT2D eigenvalue weighted by Gasteiger charge is -2.39. The monoisotopic (exact) mass is 218 g/mol. The zero-order valence-electron chi connectivity index (χ0n) is 9.67. The molecule has 0 aromatic heterocycles. The number of piperazine rings is 1. The van der Waals surface area contributed by atoms with Crippen LogP contribution in [0.5, 0.6) is 0 Å². The highest BCUT2D eigenvalue weighted by Gasteiger charge is 2.26. The van der Waals surface area contributed by atoms with Crippen LogP contribution in [0.1, 0.15) is 20.8 Å². The molecule has 0 spiro atoms. The first-order chi connectivity index (χ1) is 6.41. The Morgan fingerprint density at radius 1 is 1.57 bits per heavy atom. The standard InChI is InChI=1S/C10H22N2OS/c1-9(14(4)13)7-12-6-5-11-10(2,3)8-12/h9,11H,5-8H2,1-4H3. The molecule has 2 atom stereocenters. The predicted octanol–water partition coefficient (Wildman–Crippen LogP) is 0.437. The van der Waals surface area contributed by atoms with Crippen LogP contribution in [0.3, 0.4) is 0 Å². The zero-order valence-corrected chi connectivity index (χ0v) is 10.5. The van der Waals surface area contributed by atoms with Gasteiger partial charge in [-0.05, 0) is 20.8 Å². The summed E-state index contributed by atoms with van der Waals surface area (Å²) in [7, 11) is -0.699.